The molecule has 1 N–H and O–H groups in total. The van der Waals surface area contributed by atoms with Gasteiger partial charge in [-0.25, -0.2) is 0 Å². The Morgan fingerprint density at radius 1 is 1.50 bits per heavy atom. The maximum absolute atomic E-state index is 5.12. The van der Waals surface area contributed by atoms with Crippen molar-refractivity contribution in [3.8, 4) is 0 Å². The van der Waals surface area contributed by atoms with Crippen LogP contribution in [0.4, 0.5) is 5.69 Å². The van der Waals surface area contributed by atoms with Crippen molar-refractivity contribution < 1.29 is 0 Å². The molecule has 0 unspecified atom stereocenters. The maximum atomic E-state index is 5.12. The normalized spacial score (nSPS) is 14.2. The number of aryl methyl sites for hydroxylation is 1. The van der Waals surface area contributed by atoms with Crippen LogP contribution in [0.25, 0.3) is 0 Å². The molecule has 1 heterocycles. The topological polar surface area (TPSA) is 12.0 Å². The van der Waals surface area contributed by atoms with Crippen LogP contribution in [0.5, 0.6) is 0 Å². The van der Waals surface area contributed by atoms with Crippen LogP contribution in [0, 0.1) is 0 Å². The van der Waals surface area contributed by atoms with Crippen LogP contribution < -0.4 is 5.32 Å². The van der Waals surface area contributed by atoms with Crippen molar-refractivity contribution in [2.75, 3.05) is 5.32 Å². The zero-order valence-corrected chi connectivity index (χ0v) is 7.87. The van der Waals surface area contributed by atoms with E-state index in [9.17, 15) is 0 Å². The number of fused-ring (bicyclic) bond motifs is 1. The van der Waals surface area contributed by atoms with Crippen molar-refractivity contribution >= 4 is 22.9 Å². The predicted molar refractivity (Wildman–Crippen MR) is 55.7 cm³/mol. The van der Waals surface area contributed by atoms with Crippen LogP contribution >= 0.6 is 12.2 Å². The van der Waals surface area contributed by atoms with E-state index in [-0.39, 0.29) is 0 Å². The fraction of sp³-hybridized carbons (Fsp3) is 0.300. The number of hydrogen-bond acceptors (Lipinski definition) is 1. The summed E-state index contributed by atoms with van der Waals surface area (Å²) in [5, 5.41) is 3.25. The molecule has 0 aliphatic carbocycles. The molecule has 1 aliphatic heterocycles. The Morgan fingerprint density at radius 2 is 2.33 bits per heavy atom. The summed E-state index contributed by atoms with van der Waals surface area (Å²) in [6, 6.07) is 6.40. The highest BCUT2D eigenvalue weighted by Crippen LogP contribution is 2.27. The molecule has 0 amide bonds. The third-order valence-electron chi connectivity index (χ3n) is 2.23. The van der Waals surface area contributed by atoms with Gasteiger partial charge in [0, 0.05) is 12.1 Å². The largest absolute Gasteiger partial charge is 0.349 e. The maximum Gasteiger partial charge on any atom is 0.0842 e. The number of benzene rings is 1. The minimum absolute atomic E-state index is 0.915. The zero-order valence-electron chi connectivity index (χ0n) is 7.05. The molecule has 0 spiro atoms. The molecule has 0 saturated heterocycles. The van der Waals surface area contributed by atoms with Crippen molar-refractivity contribution in [3.63, 3.8) is 0 Å². The molecule has 2 heteroatoms. The first-order valence-electron chi connectivity index (χ1n) is 4.22. The molecule has 0 saturated carbocycles. The SMILES string of the molecule is CCc1cccc2c1NC(=S)C2. The molecular formula is C10H11NS. The molecule has 1 aromatic rings. The lowest BCUT2D eigenvalue weighted by Gasteiger charge is -2.04. The number of rotatable bonds is 1. The van der Waals surface area contributed by atoms with Crippen LogP contribution in [0.15, 0.2) is 18.2 Å². The molecule has 62 valence electrons. The Morgan fingerprint density at radius 3 is 3.08 bits per heavy atom. The predicted octanol–water partition coefficient (Wildman–Crippen LogP) is 2.54. The van der Waals surface area contributed by atoms with E-state index in [2.05, 4.69) is 30.4 Å². The van der Waals surface area contributed by atoms with E-state index in [1.807, 2.05) is 0 Å². The van der Waals surface area contributed by atoms with E-state index in [1.54, 1.807) is 0 Å². The number of thiocarbonyl (C=S) groups is 1. The average Bonchev–Trinajstić information content (AvgIpc) is 2.44. The Hall–Kier alpha value is -0.890. The first kappa shape index (κ1) is 7.74. The third-order valence-corrected chi connectivity index (χ3v) is 2.48. The first-order chi connectivity index (χ1) is 5.81. The highest BCUT2D eigenvalue weighted by molar-refractivity contribution is 7.80. The standard InChI is InChI=1S/C10H11NS/c1-2-7-4-3-5-8-6-9(12)11-10(7)8/h3-5H,2,6H2,1H3,(H,11,12). The molecule has 0 radical (unpaired) electrons. The van der Waals surface area contributed by atoms with Gasteiger partial charge in [-0.15, -0.1) is 0 Å². The van der Waals surface area contributed by atoms with Crippen molar-refractivity contribution in [2.45, 2.75) is 19.8 Å². The molecule has 0 atom stereocenters. The van der Waals surface area contributed by atoms with E-state index < -0.39 is 0 Å². The fourth-order valence-corrected chi connectivity index (χ4v) is 1.87. The van der Waals surface area contributed by atoms with E-state index in [4.69, 9.17) is 12.2 Å². The van der Waals surface area contributed by atoms with Crippen LogP contribution in [-0.2, 0) is 12.8 Å². The molecule has 0 fully saturated rings. The summed E-state index contributed by atoms with van der Waals surface area (Å²) in [5.41, 5.74) is 3.97. The highest BCUT2D eigenvalue weighted by atomic mass is 32.1. The number of anilines is 1. The van der Waals surface area contributed by atoms with Gasteiger partial charge in [-0.2, -0.15) is 0 Å². The smallest absolute Gasteiger partial charge is 0.0842 e. The van der Waals surface area contributed by atoms with E-state index in [0.717, 1.165) is 17.8 Å². The van der Waals surface area contributed by atoms with Crippen molar-refractivity contribution in [1.82, 2.24) is 0 Å². The number of nitrogens with one attached hydrogen (secondary N) is 1. The third kappa shape index (κ3) is 1.12. The minimum atomic E-state index is 0.915. The summed E-state index contributed by atoms with van der Waals surface area (Å²) in [5.74, 6) is 0. The summed E-state index contributed by atoms with van der Waals surface area (Å²) < 4.78 is 0. The first-order valence-corrected chi connectivity index (χ1v) is 4.62. The lowest BCUT2D eigenvalue weighted by Crippen LogP contribution is -2.01. The average molecular weight is 177 g/mol. The van der Waals surface area contributed by atoms with Gasteiger partial charge in [-0.3, -0.25) is 0 Å². The Labute approximate surface area is 77.8 Å². The Bertz CT molecular complexity index is 331. The second kappa shape index (κ2) is 2.87. The van der Waals surface area contributed by atoms with Gasteiger partial charge >= 0.3 is 0 Å². The molecular weight excluding hydrogens is 166 g/mol. The molecule has 0 aromatic heterocycles. The zero-order chi connectivity index (χ0) is 8.55. The van der Waals surface area contributed by atoms with E-state index in [1.165, 1.54) is 16.8 Å². The lowest BCUT2D eigenvalue weighted by molar-refractivity contribution is 1.14. The quantitative estimate of drug-likeness (QED) is 0.662. The number of hydrogen-bond donors (Lipinski definition) is 1. The summed E-state index contributed by atoms with van der Waals surface area (Å²) in [6.07, 6.45) is 1.98. The van der Waals surface area contributed by atoms with Crippen LogP contribution in [-0.4, -0.2) is 4.99 Å². The lowest BCUT2D eigenvalue weighted by atomic mass is 10.1. The second-order valence-electron chi connectivity index (χ2n) is 3.03. The van der Waals surface area contributed by atoms with Gasteiger partial charge < -0.3 is 5.32 Å². The van der Waals surface area contributed by atoms with Crippen molar-refractivity contribution in [1.29, 1.82) is 0 Å². The summed E-state index contributed by atoms with van der Waals surface area (Å²) in [4.78, 5) is 0.950. The second-order valence-corrected chi connectivity index (χ2v) is 3.52. The monoisotopic (exact) mass is 177 g/mol. The van der Waals surface area contributed by atoms with Gasteiger partial charge in [-0.1, -0.05) is 37.3 Å². The molecule has 1 aliphatic rings. The Balaban J connectivity index is 2.51. The van der Waals surface area contributed by atoms with Crippen molar-refractivity contribution in [2.24, 2.45) is 0 Å². The molecule has 12 heavy (non-hydrogen) atoms. The van der Waals surface area contributed by atoms with Gasteiger partial charge in [-0.05, 0) is 17.5 Å². The summed E-state index contributed by atoms with van der Waals surface area (Å²) in [7, 11) is 0. The van der Waals surface area contributed by atoms with Gasteiger partial charge in [0.25, 0.3) is 0 Å². The van der Waals surface area contributed by atoms with Gasteiger partial charge in [0.2, 0.25) is 0 Å². The van der Waals surface area contributed by atoms with Crippen molar-refractivity contribution in [3.05, 3.63) is 29.3 Å². The summed E-state index contributed by atoms with van der Waals surface area (Å²) in [6.45, 7) is 2.17. The highest BCUT2D eigenvalue weighted by Gasteiger charge is 2.16. The molecule has 2 rings (SSSR count). The van der Waals surface area contributed by atoms with E-state index >= 15 is 0 Å². The van der Waals surface area contributed by atoms with Crippen LogP contribution in [0.1, 0.15) is 18.1 Å². The molecule has 1 aromatic carbocycles. The Kier molecular flexibility index (Phi) is 1.85. The number of para-hydroxylation sites is 1. The molecule has 1 nitrogen and oxygen atoms in total. The van der Waals surface area contributed by atoms with Gasteiger partial charge in [0.05, 0.1) is 4.99 Å². The van der Waals surface area contributed by atoms with Crippen LogP contribution in [0.2, 0.25) is 0 Å². The molecule has 0 bridgehead atoms. The summed E-state index contributed by atoms with van der Waals surface area (Å²) >= 11 is 5.12. The van der Waals surface area contributed by atoms with Gasteiger partial charge in [0.1, 0.15) is 0 Å². The van der Waals surface area contributed by atoms with Gasteiger partial charge in [0.15, 0.2) is 0 Å². The van der Waals surface area contributed by atoms with E-state index in [0.29, 0.717) is 0 Å². The van der Waals surface area contributed by atoms with Crippen LogP contribution in [0.3, 0.4) is 0 Å². The fourth-order valence-electron chi connectivity index (χ4n) is 1.61. The minimum Gasteiger partial charge on any atom is -0.349 e.